The summed E-state index contributed by atoms with van der Waals surface area (Å²) in [7, 11) is 3.23. The van der Waals surface area contributed by atoms with Crippen LogP contribution in [0, 0.1) is 17.8 Å². The molecule has 10 nitrogen and oxygen atoms in total. The summed E-state index contributed by atoms with van der Waals surface area (Å²) in [6.07, 6.45) is 7.23. The van der Waals surface area contributed by atoms with Gasteiger partial charge in [0.15, 0.2) is 11.5 Å². The summed E-state index contributed by atoms with van der Waals surface area (Å²) in [4.78, 5) is 32.7. The number of carbonyl (C=O) groups is 2. The quantitative estimate of drug-likeness (QED) is 0.203. The molecular formula is C41H60N2O8. The van der Waals surface area contributed by atoms with Crippen molar-refractivity contribution in [1.29, 1.82) is 0 Å². The van der Waals surface area contributed by atoms with E-state index in [1.165, 1.54) is 6.42 Å². The van der Waals surface area contributed by atoms with E-state index >= 15 is 0 Å². The van der Waals surface area contributed by atoms with Crippen LogP contribution in [0.25, 0.3) is 0 Å². The van der Waals surface area contributed by atoms with Crippen LogP contribution in [-0.2, 0) is 25.5 Å². The van der Waals surface area contributed by atoms with Gasteiger partial charge in [0.25, 0.3) is 0 Å². The number of aliphatic hydroxyl groups excluding tert-OH is 1. The number of rotatable bonds is 16. The Hall–Kier alpha value is -3.34. The molecule has 1 saturated carbocycles. The van der Waals surface area contributed by atoms with Crippen LogP contribution < -0.4 is 14.2 Å². The standard InChI is InChI=1S/C41H60N2O8/c1-29(2)39(44)38(31-11-6-5-7-12-31)40(45)43-20-9-8-15-34(43)41(46)51-35(18-16-30-17-19-36(47-3)37(27-30)48-4)32-13-10-14-33(28-32)50-26-23-42-21-24-49-25-22-42/h10,13-14,17,19,27-29,31,34-35,38-39,44H,5-9,11-12,15-16,18,20-26H2,1-4H3/t34-,35+,38+,39+/m0/s1. The molecule has 3 aliphatic rings. The highest BCUT2D eigenvalue weighted by molar-refractivity contribution is 5.86. The zero-order chi connectivity index (χ0) is 36.2. The predicted molar refractivity (Wildman–Crippen MR) is 196 cm³/mol. The van der Waals surface area contributed by atoms with Crippen LogP contribution in [0.1, 0.15) is 88.9 Å². The lowest BCUT2D eigenvalue weighted by Crippen LogP contribution is -2.54. The second-order valence-electron chi connectivity index (χ2n) is 14.7. The number of methoxy groups -OCH3 is 2. The van der Waals surface area contributed by atoms with E-state index in [-0.39, 0.29) is 23.7 Å². The molecule has 10 heteroatoms. The summed E-state index contributed by atoms with van der Waals surface area (Å²) >= 11 is 0. The van der Waals surface area contributed by atoms with E-state index < -0.39 is 24.2 Å². The van der Waals surface area contributed by atoms with Gasteiger partial charge >= 0.3 is 5.97 Å². The number of aryl methyl sites for hydroxylation is 1. The van der Waals surface area contributed by atoms with E-state index in [9.17, 15) is 14.7 Å². The van der Waals surface area contributed by atoms with Crippen LogP contribution in [0.5, 0.6) is 17.2 Å². The molecule has 1 N–H and O–H groups in total. The molecule has 0 spiro atoms. The average molecular weight is 709 g/mol. The van der Waals surface area contributed by atoms with E-state index in [2.05, 4.69) is 4.90 Å². The average Bonchev–Trinajstić information content (AvgIpc) is 3.17. The molecule has 1 amide bonds. The smallest absolute Gasteiger partial charge is 0.329 e. The number of carbonyl (C=O) groups excluding carboxylic acids is 2. The summed E-state index contributed by atoms with van der Waals surface area (Å²) in [5, 5.41) is 11.4. The lowest BCUT2D eigenvalue weighted by atomic mass is 9.74. The van der Waals surface area contributed by atoms with Crippen LogP contribution in [0.3, 0.4) is 0 Å². The molecule has 2 aromatic rings. The van der Waals surface area contributed by atoms with Crippen molar-refractivity contribution in [2.75, 3.05) is 60.2 Å². The van der Waals surface area contributed by atoms with Gasteiger partial charge in [0.2, 0.25) is 5.91 Å². The number of amides is 1. The van der Waals surface area contributed by atoms with Crippen molar-refractivity contribution < 1.29 is 38.4 Å². The summed E-state index contributed by atoms with van der Waals surface area (Å²) in [6, 6.07) is 13.0. The zero-order valence-corrected chi connectivity index (χ0v) is 31.2. The third-order valence-electron chi connectivity index (χ3n) is 11.0. The Morgan fingerprint density at radius 1 is 0.902 bits per heavy atom. The van der Waals surface area contributed by atoms with Crippen molar-refractivity contribution in [3.8, 4) is 17.2 Å². The van der Waals surface area contributed by atoms with Gasteiger partial charge < -0.3 is 33.7 Å². The number of piperidine rings is 1. The molecule has 5 rings (SSSR count). The Bertz CT molecular complexity index is 1390. The maximum atomic E-state index is 14.4. The minimum Gasteiger partial charge on any atom is -0.493 e. The number of morpholine rings is 1. The van der Waals surface area contributed by atoms with Crippen LogP contribution in [-0.4, -0.2) is 99.1 Å². The molecule has 282 valence electrons. The molecule has 2 saturated heterocycles. The number of hydrogen-bond donors (Lipinski definition) is 1. The van der Waals surface area contributed by atoms with Gasteiger partial charge in [-0.15, -0.1) is 0 Å². The Morgan fingerprint density at radius 3 is 2.37 bits per heavy atom. The fraction of sp³-hybridized carbons (Fsp3) is 0.659. The molecule has 3 fully saturated rings. The van der Waals surface area contributed by atoms with Gasteiger partial charge in [-0.25, -0.2) is 4.79 Å². The Kier molecular flexibility index (Phi) is 14.9. The predicted octanol–water partition coefficient (Wildman–Crippen LogP) is 6.23. The van der Waals surface area contributed by atoms with Gasteiger partial charge in [0.05, 0.1) is 39.5 Å². The number of benzene rings is 2. The Labute approximate surface area is 304 Å². The fourth-order valence-electron chi connectivity index (χ4n) is 7.93. The number of ether oxygens (including phenoxy) is 5. The van der Waals surface area contributed by atoms with Gasteiger partial charge in [-0.3, -0.25) is 9.69 Å². The van der Waals surface area contributed by atoms with E-state index in [0.29, 0.717) is 43.9 Å². The fourth-order valence-corrected chi connectivity index (χ4v) is 7.93. The minimum atomic E-state index is -0.751. The highest BCUT2D eigenvalue weighted by Gasteiger charge is 2.43. The second-order valence-corrected chi connectivity index (χ2v) is 14.7. The van der Waals surface area contributed by atoms with Crippen molar-refractivity contribution in [3.63, 3.8) is 0 Å². The topological polar surface area (TPSA) is 107 Å². The molecular weight excluding hydrogens is 648 g/mol. The maximum Gasteiger partial charge on any atom is 0.329 e. The summed E-state index contributed by atoms with van der Waals surface area (Å²) in [5.74, 6) is 1.10. The molecule has 51 heavy (non-hydrogen) atoms. The first-order chi connectivity index (χ1) is 24.8. The lowest BCUT2D eigenvalue weighted by Gasteiger charge is -2.41. The molecule has 0 aromatic heterocycles. The van der Waals surface area contributed by atoms with Gasteiger partial charge in [0, 0.05) is 26.2 Å². The first kappa shape index (κ1) is 38.9. The number of likely N-dealkylation sites (tertiary alicyclic amines) is 1. The highest BCUT2D eigenvalue weighted by Crippen LogP contribution is 2.37. The van der Waals surface area contributed by atoms with Crippen LogP contribution in [0.2, 0.25) is 0 Å². The molecule has 0 radical (unpaired) electrons. The first-order valence-electron chi connectivity index (χ1n) is 19.2. The van der Waals surface area contributed by atoms with Crippen molar-refractivity contribution in [1.82, 2.24) is 9.80 Å². The number of nitrogens with zero attached hydrogens (tertiary/aromatic N) is 2. The maximum absolute atomic E-state index is 14.4. The molecule has 2 aliphatic heterocycles. The number of esters is 1. The van der Waals surface area contributed by atoms with Gasteiger partial charge in [-0.1, -0.05) is 51.3 Å². The SMILES string of the molecule is COc1ccc(CC[C@@H](OC(=O)[C@@H]2CCCCN2C(=O)[C@H](C2CCCCC2)[C@H](O)C(C)C)c2cccc(OCCN3CCOCC3)c2)cc1OC. The van der Waals surface area contributed by atoms with Crippen LogP contribution in [0.4, 0.5) is 0 Å². The van der Waals surface area contributed by atoms with Crippen molar-refractivity contribution in [2.45, 2.75) is 96.3 Å². The first-order valence-corrected chi connectivity index (χ1v) is 19.2. The van der Waals surface area contributed by atoms with Crippen LogP contribution >= 0.6 is 0 Å². The monoisotopic (exact) mass is 708 g/mol. The van der Waals surface area contributed by atoms with E-state index in [1.807, 2.05) is 56.3 Å². The molecule has 2 aromatic carbocycles. The van der Waals surface area contributed by atoms with E-state index in [4.69, 9.17) is 23.7 Å². The summed E-state index contributed by atoms with van der Waals surface area (Å²) < 4.78 is 29.1. The molecule has 2 heterocycles. The van der Waals surface area contributed by atoms with Crippen molar-refractivity contribution in [2.24, 2.45) is 17.8 Å². The largest absolute Gasteiger partial charge is 0.493 e. The van der Waals surface area contributed by atoms with Crippen molar-refractivity contribution >= 4 is 11.9 Å². The molecule has 4 atom stereocenters. The molecule has 1 aliphatic carbocycles. The third kappa shape index (κ3) is 10.6. The lowest BCUT2D eigenvalue weighted by molar-refractivity contribution is -0.166. The van der Waals surface area contributed by atoms with Gasteiger partial charge in [-0.2, -0.15) is 0 Å². The number of hydrogen-bond acceptors (Lipinski definition) is 9. The van der Waals surface area contributed by atoms with E-state index in [0.717, 1.165) is 88.2 Å². The normalized spacial score (nSPS) is 20.7. The summed E-state index contributed by atoms with van der Waals surface area (Å²) in [6.45, 7) is 9.08. The van der Waals surface area contributed by atoms with Gasteiger partial charge in [-0.05, 0) is 92.2 Å². The minimum absolute atomic E-state index is 0.0552. The second kappa shape index (κ2) is 19.5. The molecule has 0 bridgehead atoms. The van der Waals surface area contributed by atoms with E-state index in [1.54, 1.807) is 19.1 Å². The Morgan fingerprint density at radius 2 is 1.65 bits per heavy atom. The zero-order valence-electron chi connectivity index (χ0n) is 31.2. The highest BCUT2D eigenvalue weighted by atomic mass is 16.5. The Balaban J connectivity index is 1.35. The van der Waals surface area contributed by atoms with Crippen LogP contribution in [0.15, 0.2) is 42.5 Å². The van der Waals surface area contributed by atoms with Crippen molar-refractivity contribution in [3.05, 3.63) is 53.6 Å². The number of aliphatic hydroxyl groups is 1. The summed E-state index contributed by atoms with van der Waals surface area (Å²) in [5.41, 5.74) is 1.87. The third-order valence-corrected chi connectivity index (χ3v) is 11.0. The van der Waals surface area contributed by atoms with Gasteiger partial charge in [0.1, 0.15) is 24.5 Å². The molecule has 0 unspecified atom stereocenters.